The molecule has 94 valence electrons. The lowest BCUT2D eigenvalue weighted by atomic mass is 9.94. The average molecular weight is 243 g/mol. The zero-order chi connectivity index (χ0) is 13.3. The molecule has 1 unspecified atom stereocenters. The molecule has 1 N–H and O–H groups in total. The van der Waals surface area contributed by atoms with Crippen LogP contribution in [0.3, 0.4) is 0 Å². The smallest absolute Gasteiger partial charge is 0.318 e. The molecule has 2 amide bonds. The van der Waals surface area contributed by atoms with Crippen LogP contribution in [0, 0.1) is 32.1 Å². The summed E-state index contributed by atoms with van der Waals surface area (Å²) < 4.78 is 0. The van der Waals surface area contributed by atoms with Gasteiger partial charge in [-0.15, -0.1) is 0 Å². The molecule has 1 aromatic rings. The van der Waals surface area contributed by atoms with Crippen LogP contribution in [0.5, 0.6) is 0 Å². The van der Waals surface area contributed by atoms with Crippen LogP contribution >= 0.6 is 0 Å². The standard InChI is InChI=1S/C14H17N3O/c1-9-4-5-12(11(3)10(9)2)13-8-17(7-6-15)14(18)16-13/h4-5,13H,7-8H2,1-3H3,(H,16,18). The molecule has 0 saturated carbocycles. The Morgan fingerprint density at radius 2 is 2.11 bits per heavy atom. The molecule has 1 fully saturated rings. The summed E-state index contributed by atoms with van der Waals surface area (Å²) in [6.45, 7) is 6.97. The first kappa shape index (κ1) is 12.4. The molecule has 0 aromatic heterocycles. The summed E-state index contributed by atoms with van der Waals surface area (Å²) in [5.41, 5.74) is 4.89. The number of nitriles is 1. The Labute approximate surface area is 107 Å². The zero-order valence-corrected chi connectivity index (χ0v) is 10.9. The maximum Gasteiger partial charge on any atom is 0.318 e. The fraction of sp³-hybridized carbons (Fsp3) is 0.429. The van der Waals surface area contributed by atoms with Crippen molar-refractivity contribution >= 4 is 6.03 Å². The molecule has 1 atom stereocenters. The summed E-state index contributed by atoms with van der Waals surface area (Å²) in [5, 5.41) is 11.6. The minimum Gasteiger partial charge on any atom is -0.329 e. The van der Waals surface area contributed by atoms with Gasteiger partial charge in [-0.25, -0.2) is 4.79 Å². The van der Waals surface area contributed by atoms with Gasteiger partial charge in [-0.05, 0) is 43.0 Å². The van der Waals surface area contributed by atoms with Crippen LogP contribution in [0.4, 0.5) is 4.79 Å². The minimum atomic E-state index is -0.154. The van der Waals surface area contributed by atoms with E-state index in [1.807, 2.05) is 6.07 Å². The van der Waals surface area contributed by atoms with Gasteiger partial charge >= 0.3 is 6.03 Å². The highest BCUT2D eigenvalue weighted by molar-refractivity contribution is 5.77. The lowest BCUT2D eigenvalue weighted by molar-refractivity contribution is 0.222. The zero-order valence-electron chi connectivity index (χ0n) is 10.9. The highest BCUT2D eigenvalue weighted by Crippen LogP contribution is 2.26. The van der Waals surface area contributed by atoms with E-state index >= 15 is 0 Å². The molecule has 18 heavy (non-hydrogen) atoms. The Bertz CT molecular complexity index is 531. The van der Waals surface area contributed by atoms with Crippen molar-refractivity contribution < 1.29 is 4.79 Å². The highest BCUT2D eigenvalue weighted by Gasteiger charge is 2.30. The second-order valence-electron chi connectivity index (χ2n) is 4.76. The number of rotatable bonds is 2. The average Bonchev–Trinajstić information content (AvgIpc) is 2.68. The van der Waals surface area contributed by atoms with Crippen LogP contribution in [-0.2, 0) is 0 Å². The van der Waals surface area contributed by atoms with E-state index in [4.69, 9.17) is 5.26 Å². The van der Waals surface area contributed by atoms with E-state index in [-0.39, 0.29) is 18.6 Å². The first-order chi connectivity index (χ1) is 8.54. The molecule has 0 aliphatic carbocycles. The van der Waals surface area contributed by atoms with Gasteiger partial charge in [-0.1, -0.05) is 12.1 Å². The Morgan fingerprint density at radius 1 is 1.39 bits per heavy atom. The predicted molar refractivity (Wildman–Crippen MR) is 69.1 cm³/mol. The van der Waals surface area contributed by atoms with Gasteiger partial charge in [0.05, 0.1) is 12.1 Å². The van der Waals surface area contributed by atoms with Gasteiger partial charge < -0.3 is 10.2 Å². The van der Waals surface area contributed by atoms with Crippen LogP contribution in [0.2, 0.25) is 0 Å². The Kier molecular flexibility index (Phi) is 3.24. The van der Waals surface area contributed by atoms with Gasteiger partial charge in [-0.3, -0.25) is 0 Å². The summed E-state index contributed by atoms with van der Waals surface area (Å²) >= 11 is 0. The fourth-order valence-electron chi connectivity index (χ4n) is 2.34. The van der Waals surface area contributed by atoms with Crippen molar-refractivity contribution in [3.8, 4) is 6.07 Å². The van der Waals surface area contributed by atoms with Crippen molar-refractivity contribution in [3.05, 3.63) is 34.4 Å². The van der Waals surface area contributed by atoms with Crippen molar-refractivity contribution in [2.45, 2.75) is 26.8 Å². The summed E-state index contributed by atoms with van der Waals surface area (Å²) in [5.74, 6) is 0. The molecule has 0 spiro atoms. The summed E-state index contributed by atoms with van der Waals surface area (Å²) in [4.78, 5) is 13.2. The number of hydrogen-bond acceptors (Lipinski definition) is 2. The fourth-order valence-corrected chi connectivity index (χ4v) is 2.34. The lowest BCUT2D eigenvalue weighted by Gasteiger charge is -2.16. The van der Waals surface area contributed by atoms with Crippen LogP contribution < -0.4 is 5.32 Å². The van der Waals surface area contributed by atoms with Crippen molar-refractivity contribution in [2.24, 2.45) is 0 Å². The molecule has 4 heteroatoms. The van der Waals surface area contributed by atoms with Gasteiger partial charge in [0.25, 0.3) is 0 Å². The van der Waals surface area contributed by atoms with Gasteiger partial charge in [0.1, 0.15) is 6.54 Å². The van der Waals surface area contributed by atoms with Crippen molar-refractivity contribution in [2.75, 3.05) is 13.1 Å². The maximum atomic E-state index is 11.7. The lowest BCUT2D eigenvalue weighted by Crippen LogP contribution is -2.28. The largest absolute Gasteiger partial charge is 0.329 e. The Balaban J connectivity index is 2.27. The van der Waals surface area contributed by atoms with E-state index in [0.717, 1.165) is 5.56 Å². The number of hydrogen-bond donors (Lipinski definition) is 1. The highest BCUT2D eigenvalue weighted by atomic mass is 16.2. The van der Waals surface area contributed by atoms with Crippen molar-refractivity contribution in [1.29, 1.82) is 5.26 Å². The molecule has 1 saturated heterocycles. The topological polar surface area (TPSA) is 56.1 Å². The second-order valence-corrected chi connectivity index (χ2v) is 4.76. The van der Waals surface area contributed by atoms with Gasteiger partial charge in [-0.2, -0.15) is 5.26 Å². The van der Waals surface area contributed by atoms with E-state index in [9.17, 15) is 4.79 Å². The molecule has 1 heterocycles. The first-order valence-corrected chi connectivity index (χ1v) is 6.03. The molecule has 1 aliphatic rings. The third-order valence-corrected chi connectivity index (χ3v) is 3.72. The van der Waals surface area contributed by atoms with E-state index in [0.29, 0.717) is 6.54 Å². The third kappa shape index (κ3) is 2.04. The van der Waals surface area contributed by atoms with E-state index < -0.39 is 0 Å². The maximum absolute atomic E-state index is 11.7. The number of nitrogens with one attached hydrogen (secondary N) is 1. The van der Waals surface area contributed by atoms with Gasteiger partial charge in [0.2, 0.25) is 0 Å². The van der Waals surface area contributed by atoms with Gasteiger partial charge in [0, 0.05) is 6.54 Å². The summed E-state index contributed by atoms with van der Waals surface area (Å²) in [7, 11) is 0. The van der Waals surface area contributed by atoms with Crippen molar-refractivity contribution in [3.63, 3.8) is 0 Å². The van der Waals surface area contributed by atoms with Crippen LogP contribution in [0.1, 0.15) is 28.3 Å². The van der Waals surface area contributed by atoms with E-state index in [1.165, 1.54) is 16.7 Å². The van der Waals surface area contributed by atoms with Crippen molar-refractivity contribution in [1.82, 2.24) is 10.2 Å². The van der Waals surface area contributed by atoms with E-state index in [2.05, 4.69) is 38.2 Å². The number of urea groups is 1. The minimum absolute atomic E-state index is 0.00912. The molecule has 2 rings (SSSR count). The SMILES string of the molecule is Cc1ccc(C2CN(CC#N)C(=O)N2)c(C)c1C. The van der Waals surface area contributed by atoms with Crippen LogP contribution in [-0.4, -0.2) is 24.0 Å². The van der Waals surface area contributed by atoms with Gasteiger partial charge in [0.15, 0.2) is 0 Å². The molecular formula is C14H17N3O. The quantitative estimate of drug-likeness (QED) is 0.809. The monoisotopic (exact) mass is 243 g/mol. The molecule has 0 bridgehead atoms. The predicted octanol–water partition coefficient (Wildman–Crippen LogP) is 2.20. The number of aryl methyl sites for hydroxylation is 1. The second kappa shape index (κ2) is 4.69. The normalized spacial score (nSPS) is 18.7. The number of benzene rings is 1. The molecule has 1 aromatic carbocycles. The Morgan fingerprint density at radius 3 is 2.78 bits per heavy atom. The van der Waals surface area contributed by atoms with E-state index in [1.54, 1.807) is 4.90 Å². The number of nitrogens with zero attached hydrogens (tertiary/aromatic N) is 2. The molecule has 1 aliphatic heterocycles. The van der Waals surface area contributed by atoms with Crippen LogP contribution in [0.15, 0.2) is 12.1 Å². The molecule has 4 nitrogen and oxygen atoms in total. The summed E-state index contributed by atoms with van der Waals surface area (Å²) in [6, 6.07) is 6.00. The number of carbonyl (C=O) groups is 1. The van der Waals surface area contributed by atoms with Crippen LogP contribution in [0.25, 0.3) is 0 Å². The third-order valence-electron chi connectivity index (χ3n) is 3.72. The first-order valence-electron chi connectivity index (χ1n) is 6.03. The summed E-state index contributed by atoms with van der Waals surface area (Å²) in [6.07, 6.45) is 0. The number of amides is 2. The molecule has 0 radical (unpaired) electrons. The Hall–Kier alpha value is -2.02. The number of carbonyl (C=O) groups excluding carboxylic acids is 1. The molecular weight excluding hydrogens is 226 g/mol.